The number of hydrogen-bond donors (Lipinski definition) is 1. The molecule has 0 aromatic heterocycles. The number of benzene rings is 2. The van der Waals surface area contributed by atoms with Gasteiger partial charge in [-0.05, 0) is 23.3 Å². The Morgan fingerprint density at radius 1 is 1.16 bits per heavy atom. The average molecular weight is 333 g/mol. The Morgan fingerprint density at radius 3 is 2.68 bits per heavy atom. The zero-order valence-electron chi connectivity index (χ0n) is 13.8. The molecular weight excluding hydrogens is 314 g/mol. The van der Waals surface area contributed by atoms with Crippen LogP contribution in [0.3, 0.4) is 0 Å². The van der Waals surface area contributed by atoms with Crippen molar-refractivity contribution in [3.8, 4) is 6.07 Å². The highest BCUT2D eigenvalue weighted by molar-refractivity contribution is 5.95. The highest BCUT2D eigenvalue weighted by atomic mass is 16.2. The van der Waals surface area contributed by atoms with Crippen molar-refractivity contribution in [1.82, 2.24) is 10.2 Å². The standard InChI is InChI=1S/C20H19N3O2/c21-10-9-15-7-4-8-17(11-15)20(25)22-18-12-19(24)23(14-18)13-16-5-2-1-3-6-16/h1-8,11,18H,9,12-14H2,(H,22,25). The van der Waals surface area contributed by atoms with Crippen LogP contribution in [0.5, 0.6) is 0 Å². The van der Waals surface area contributed by atoms with E-state index in [1.54, 1.807) is 23.1 Å². The first-order valence-corrected chi connectivity index (χ1v) is 8.24. The number of rotatable bonds is 5. The molecular formula is C20H19N3O2. The van der Waals surface area contributed by atoms with Crippen LogP contribution in [0.15, 0.2) is 54.6 Å². The zero-order chi connectivity index (χ0) is 17.6. The highest BCUT2D eigenvalue weighted by Gasteiger charge is 2.30. The Kier molecular flexibility index (Phi) is 5.10. The molecule has 0 bridgehead atoms. The molecule has 3 rings (SSSR count). The monoisotopic (exact) mass is 333 g/mol. The largest absolute Gasteiger partial charge is 0.347 e. The molecule has 0 spiro atoms. The van der Waals surface area contributed by atoms with E-state index in [1.165, 1.54) is 0 Å². The minimum atomic E-state index is -0.209. The fourth-order valence-corrected chi connectivity index (χ4v) is 3.01. The first-order chi connectivity index (χ1) is 12.2. The van der Waals surface area contributed by atoms with E-state index < -0.39 is 0 Å². The van der Waals surface area contributed by atoms with Crippen molar-refractivity contribution < 1.29 is 9.59 Å². The number of carbonyl (C=O) groups is 2. The lowest BCUT2D eigenvalue weighted by molar-refractivity contribution is -0.128. The highest BCUT2D eigenvalue weighted by Crippen LogP contribution is 2.16. The molecule has 5 nitrogen and oxygen atoms in total. The lowest BCUT2D eigenvalue weighted by Gasteiger charge is -2.17. The molecule has 0 radical (unpaired) electrons. The molecule has 1 unspecified atom stereocenters. The molecule has 0 saturated carbocycles. The zero-order valence-corrected chi connectivity index (χ0v) is 13.8. The molecule has 1 N–H and O–H groups in total. The van der Waals surface area contributed by atoms with Gasteiger partial charge in [0.15, 0.2) is 0 Å². The second-order valence-corrected chi connectivity index (χ2v) is 6.17. The summed E-state index contributed by atoms with van der Waals surface area (Å²) in [5.74, 6) is -0.161. The van der Waals surface area contributed by atoms with E-state index in [0.29, 0.717) is 25.1 Å². The van der Waals surface area contributed by atoms with E-state index in [0.717, 1.165) is 11.1 Å². The SMILES string of the molecule is N#CCc1cccc(C(=O)NC2CC(=O)N(Cc3ccccc3)C2)c1. The van der Waals surface area contributed by atoms with Gasteiger partial charge in [-0.3, -0.25) is 9.59 Å². The van der Waals surface area contributed by atoms with Crippen molar-refractivity contribution in [3.05, 3.63) is 71.3 Å². The third kappa shape index (κ3) is 4.24. The maximum absolute atomic E-state index is 12.4. The minimum Gasteiger partial charge on any atom is -0.347 e. The van der Waals surface area contributed by atoms with Crippen LogP contribution in [-0.2, 0) is 17.8 Å². The normalized spacial score (nSPS) is 16.5. The van der Waals surface area contributed by atoms with Gasteiger partial charge >= 0.3 is 0 Å². The van der Waals surface area contributed by atoms with E-state index in [1.807, 2.05) is 36.4 Å². The number of nitrogens with one attached hydrogen (secondary N) is 1. The van der Waals surface area contributed by atoms with E-state index >= 15 is 0 Å². The van der Waals surface area contributed by atoms with Gasteiger partial charge in [0.1, 0.15) is 0 Å². The van der Waals surface area contributed by atoms with Crippen LogP contribution in [0, 0.1) is 11.3 Å². The summed E-state index contributed by atoms with van der Waals surface area (Å²) in [7, 11) is 0. The second-order valence-electron chi connectivity index (χ2n) is 6.17. The number of carbonyl (C=O) groups excluding carboxylic acids is 2. The van der Waals surface area contributed by atoms with Crippen molar-refractivity contribution in [2.45, 2.75) is 25.4 Å². The summed E-state index contributed by atoms with van der Waals surface area (Å²) < 4.78 is 0. The van der Waals surface area contributed by atoms with Crippen LogP contribution in [0.4, 0.5) is 0 Å². The molecule has 1 aliphatic heterocycles. The smallest absolute Gasteiger partial charge is 0.251 e. The summed E-state index contributed by atoms with van der Waals surface area (Å²) in [4.78, 5) is 26.4. The van der Waals surface area contributed by atoms with Crippen LogP contribution in [0.1, 0.15) is 27.9 Å². The third-order valence-corrected chi connectivity index (χ3v) is 4.24. The van der Waals surface area contributed by atoms with Crippen molar-refractivity contribution >= 4 is 11.8 Å². The summed E-state index contributed by atoms with van der Waals surface area (Å²) in [5.41, 5.74) is 2.40. The van der Waals surface area contributed by atoms with Gasteiger partial charge < -0.3 is 10.2 Å². The van der Waals surface area contributed by atoms with Crippen LogP contribution < -0.4 is 5.32 Å². The Labute approximate surface area is 146 Å². The maximum atomic E-state index is 12.4. The van der Waals surface area contributed by atoms with Gasteiger partial charge in [-0.1, -0.05) is 42.5 Å². The van der Waals surface area contributed by atoms with E-state index in [2.05, 4.69) is 11.4 Å². The number of amides is 2. The van der Waals surface area contributed by atoms with Crippen LogP contribution in [-0.4, -0.2) is 29.3 Å². The lowest BCUT2D eigenvalue weighted by atomic mass is 10.1. The van der Waals surface area contributed by atoms with Crippen molar-refractivity contribution in [3.63, 3.8) is 0 Å². The predicted octanol–water partition coefficient (Wildman–Crippen LogP) is 2.28. The number of nitriles is 1. The third-order valence-electron chi connectivity index (χ3n) is 4.24. The van der Waals surface area contributed by atoms with Gasteiger partial charge in [-0.2, -0.15) is 5.26 Å². The molecule has 25 heavy (non-hydrogen) atoms. The predicted molar refractivity (Wildman–Crippen MR) is 93.5 cm³/mol. The number of nitrogens with zero attached hydrogens (tertiary/aromatic N) is 2. The van der Waals surface area contributed by atoms with E-state index in [-0.39, 0.29) is 24.3 Å². The number of likely N-dealkylation sites (tertiary alicyclic amines) is 1. The lowest BCUT2D eigenvalue weighted by Crippen LogP contribution is -2.37. The van der Waals surface area contributed by atoms with E-state index in [9.17, 15) is 9.59 Å². The van der Waals surface area contributed by atoms with Crippen LogP contribution in [0.2, 0.25) is 0 Å². The van der Waals surface area contributed by atoms with Gasteiger partial charge in [0.2, 0.25) is 5.91 Å². The molecule has 1 saturated heterocycles. The molecule has 126 valence electrons. The molecule has 1 fully saturated rings. The molecule has 5 heteroatoms. The first-order valence-electron chi connectivity index (χ1n) is 8.24. The van der Waals surface area contributed by atoms with Gasteiger partial charge in [-0.25, -0.2) is 0 Å². The molecule has 1 aliphatic rings. The molecule has 1 atom stereocenters. The summed E-state index contributed by atoms with van der Waals surface area (Å²) >= 11 is 0. The van der Waals surface area contributed by atoms with E-state index in [4.69, 9.17) is 5.26 Å². The molecule has 2 amide bonds. The topological polar surface area (TPSA) is 73.2 Å². The van der Waals surface area contributed by atoms with Gasteiger partial charge in [-0.15, -0.1) is 0 Å². The van der Waals surface area contributed by atoms with Gasteiger partial charge in [0.05, 0.1) is 18.5 Å². The Bertz CT molecular complexity index is 811. The average Bonchev–Trinajstić information content (AvgIpc) is 2.95. The Hall–Kier alpha value is -3.13. The van der Waals surface area contributed by atoms with Crippen LogP contribution >= 0.6 is 0 Å². The fraction of sp³-hybridized carbons (Fsp3) is 0.250. The minimum absolute atomic E-state index is 0.0485. The summed E-state index contributed by atoms with van der Waals surface area (Å²) in [5, 5.41) is 11.7. The van der Waals surface area contributed by atoms with Crippen molar-refractivity contribution in [1.29, 1.82) is 5.26 Å². The van der Waals surface area contributed by atoms with Gasteiger partial charge in [0, 0.05) is 25.1 Å². The Balaban J connectivity index is 1.60. The van der Waals surface area contributed by atoms with Crippen LogP contribution in [0.25, 0.3) is 0 Å². The van der Waals surface area contributed by atoms with Gasteiger partial charge in [0.25, 0.3) is 5.91 Å². The molecule has 0 aliphatic carbocycles. The number of hydrogen-bond acceptors (Lipinski definition) is 3. The summed E-state index contributed by atoms with van der Waals surface area (Å²) in [6.45, 7) is 1.07. The quantitative estimate of drug-likeness (QED) is 0.912. The van der Waals surface area contributed by atoms with Crippen molar-refractivity contribution in [2.24, 2.45) is 0 Å². The molecule has 2 aromatic carbocycles. The second kappa shape index (κ2) is 7.63. The summed E-state index contributed by atoms with van der Waals surface area (Å²) in [6, 6.07) is 18.7. The first kappa shape index (κ1) is 16.7. The fourth-order valence-electron chi connectivity index (χ4n) is 3.01. The molecule has 2 aromatic rings. The molecule has 1 heterocycles. The maximum Gasteiger partial charge on any atom is 0.251 e. The summed E-state index contributed by atoms with van der Waals surface area (Å²) in [6.07, 6.45) is 0.588. The van der Waals surface area contributed by atoms with Crippen molar-refractivity contribution in [2.75, 3.05) is 6.54 Å². The Morgan fingerprint density at radius 2 is 1.92 bits per heavy atom.